The minimum atomic E-state index is -0.801. The third-order valence-electron chi connectivity index (χ3n) is 2.27. The first kappa shape index (κ1) is 14.8. The quantitative estimate of drug-likeness (QED) is 0.423. The number of nitro benzene ring substituents is 1. The van der Waals surface area contributed by atoms with Crippen molar-refractivity contribution in [3.8, 4) is 11.5 Å². The lowest BCUT2D eigenvalue weighted by Crippen LogP contribution is -1.92. The SMILES string of the molecule is O=[N+]([O-])c1cc(F)cc(Oc2cc(Cl)c(Cl)cc2Cl)c1. The Hall–Kier alpha value is -1.56. The highest BCUT2D eigenvalue weighted by Gasteiger charge is 2.13. The third kappa shape index (κ3) is 3.30. The Balaban J connectivity index is 2.40. The van der Waals surface area contributed by atoms with Crippen molar-refractivity contribution in [3.63, 3.8) is 0 Å². The summed E-state index contributed by atoms with van der Waals surface area (Å²) in [6.45, 7) is 0. The maximum Gasteiger partial charge on any atom is 0.276 e. The molecule has 4 nitrogen and oxygen atoms in total. The van der Waals surface area contributed by atoms with Crippen molar-refractivity contribution in [2.45, 2.75) is 0 Å². The fourth-order valence-corrected chi connectivity index (χ4v) is 2.00. The van der Waals surface area contributed by atoms with E-state index in [1.807, 2.05) is 0 Å². The molecule has 0 aliphatic carbocycles. The lowest BCUT2D eigenvalue weighted by Gasteiger charge is -2.09. The van der Waals surface area contributed by atoms with Gasteiger partial charge >= 0.3 is 0 Å². The van der Waals surface area contributed by atoms with Gasteiger partial charge in [-0.05, 0) is 6.07 Å². The van der Waals surface area contributed by atoms with Gasteiger partial charge in [0, 0.05) is 12.1 Å². The summed E-state index contributed by atoms with van der Waals surface area (Å²) in [5.41, 5.74) is -0.434. The summed E-state index contributed by atoms with van der Waals surface area (Å²) in [5, 5.41) is 11.2. The predicted octanol–water partition coefficient (Wildman–Crippen LogP) is 5.49. The van der Waals surface area contributed by atoms with Gasteiger partial charge in [-0.2, -0.15) is 0 Å². The van der Waals surface area contributed by atoms with E-state index in [0.717, 1.165) is 18.2 Å². The van der Waals surface area contributed by atoms with Crippen LogP contribution in [0.2, 0.25) is 15.1 Å². The Bertz CT molecular complexity index is 694. The molecule has 0 atom stereocenters. The van der Waals surface area contributed by atoms with Crippen LogP contribution in [0.1, 0.15) is 0 Å². The van der Waals surface area contributed by atoms with Crippen LogP contribution in [0.4, 0.5) is 10.1 Å². The van der Waals surface area contributed by atoms with E-state index in [-0.39, 0.29) is 26.6 Å². The zero-order valence-corrected chi connectivity index (χ0v) is 11.8. The molecule has 104 valence electrons. The van der Waals surface area contributed by atoms with E-state index in [0.29, 0.717) is 0 Å². The molecule has 0 aromatic heterocycles. The molecule has 0 amide bonds. The second-order valence-electron chi connectivity index (χ2n) is 3.70. The lowest BCUT2D eigenvalue weighted by atomic mass is 10.3. The van der Waals surface area contributed by atoms with E-state index in [2.05, 4.69) is 0 Å². The van der Waals surface area contributed by atoms with Crippen molar-refractivity contribution >= 4 is 40.5 Å². The van der Waals surface area contributed by atoms with Gasteiger partial charge in [-0.1, -0.05) is 34.8 Å². The standard InChI is InChI=1S/C12H5Cl3FNO3/c13-9-4-11(15)12(5-10(9)14)20-8-2-6(16)1-7(3-8)17(18)19/h1-5H. The zero-order valence-electron chi connectivity index (χ0n) is 9.57. The maximum absolute atomic E-state index is 13.3. The molecule has 0 aliphatic heterocycles. The minimum absolute atomic E-state index is 0.0722. The van der Waals surface area contributed by atoms with E-state index in [4.69, 9.17) is 39.5 Å². The van der Waals surface area contributed by atoms with Crippen LogP contribution in [-0.4, -0.2) is 4.92 Å². The fourth-order valence-electron chi connectivity index (χ4n) is 1.42. The van der Waals surface area contributed by atoms with Gasteiger partial charge in [0.1, 0.15) is 17.3 Å². The number of hydrogen-bond donors (Lipinski definition) is 0. The number of ether oxygens (including phenoxy) is 1. The van der Waals surface area contributed by atoms with E-state index >= 15 is 0 Å². The van der Waals surface area contributed by atoms with Gasteiger partial charge in [0.05, 0.1) is 32.1 Å². The Morgan fingerprint density at radius 1 is 1.00 bits per heavy atom. The molecule has 8 heteroatoms. The third-order valence-corrected chi connectivity index (χ3v) is 3.29. The van der Waals surface area contributed by atoms with Crippen LogP contribution in [0.3, 0.4) is 0 Å². The summed E-state index contributed by atoms with van der Waals surface area (Å²) in [7, 11) is 0. The Morgan fingerprint density at radius 2 is 1.65 bits per heavy atom. The molecule has 0 saturated carbocycles. The number of hydrogen-bond acceptors (Lipinski definition) is 3. The molecule has 0 fully saturated rings. The van der Waals surface area contributed by atoms with Crippen LogP contribution >= 0.6 is 34.8 Å². The van der Waals surface area contributed by atoms with Gasteiger partial charge in [-0.15, -0.1) is 0 Å². The summed E-state index contributed by atoms with van der Waals surface area (Å²) in [4.78, 5) is 9.91. The van der Waals surface area contributed by atoms with Crippen molar-refractivity contribution in [3.05, 3.63) is 61.3 Å². The second-order valence-corrected chi connectivity index (χ2v) is 4.92. The molecule has 0 unspecified atom stereocenters. The van der Waals surface area contributed by atoms with E-state index < -0.39 is 16.4 Å². The monoisotopic (exact) mass is 335 g/mol. The first-order valence-electron chi connectivity index (χ1n) is 5.14. The van der Waals surface area contributed by atoms with Gasteiger partial charge in [0.15, 0.2) is 0 Å². The van der Waals surface area contributed by atoms with Gasteiger partial charge < -0.3 is 4.74 Å². The highest BCUT2D eigenvalue weighted by atomic mass is 35.5. The number of non-ortho nitro benzene ring substituents is 1. The minimum Gasteiger partial charge on any atom is -0.455 e. The molecule has 0 radical (unpaired) electrons. The summed E-state index contributed by atoms with van der Waals surface area (Å²) in [6, 6.07) is 5.54. The highest BCUT2D eigenvalue weighted by molar-refractivity contribution is 6.43. The summed E-state index contributed by atoms with van der Waals surface area (Å²) in [5.74, 6) is -0.761. The average Bonchev–Trinajstić information content (AvgIpc) is 2.35. The van der Waals surface area contributed by atoms with Crippen molar-refractivity contribution in [1.82, 2.24) is 0 Å². The van der Waals surface area contributed by atoms with Crippen molar-refractivity contribution < 1.29 is 14.1 Å². The molecule has 0 N–H and O–H groups in total. The number of benzene rings is 2. The Labute approximate surface area is 127 Å². The zero-order chi connectivity index (χ0) is 14.9. The van der Waals surface area contributed by atoms with Crippen LogP contribution in [0.15, 0.2) is 30.3 Å². The average molecular weight is 337 g/mol. The predicted molar refractivity (Wildman–Crippen MR) is 74.6 cm³/mol. The molecule has 0 heterocycles. The highest BCUT2D eigenvalue weighted by Crippen LogP contribution is 2.37. The normalized spacial score (nSPS) is 10.4. The largest absolute Gasteiger partial charge is 0.455 e. The molecule has 2 aromatic rings. The molecule has 0 spiro atoms. The van der Waals surface area contributed by atoms with Crippen LogP contribution in [-0.2, 0) is 0 Å². The summed E-state index contributed by atoms with van der Waals surface area (Å²) >= 11 is 17.5. The molecule has 0 aliphatic rings. The van der Waals surface area contributed by atoms with E-state index in [1.165, 1.54) is 12.1 Å². The van der Waals surface area contributed by atoms with Gasteiger partial charge in [-0.25, -0.2) is 4.39 Å². The van der Waals surface area contributed by atoms with Crippen LogP contribution in [0.5, 0.6) is 11.5 Å². The van der Waals surface area contributed by atoms with Crippen molar-refractivity contribution in [1.29, 1.82) is 0 Å². The Morgan fingerprint density at radius 3 is 2.30 bits per heavy atom. The van der Waals surface area contributed by atoms with Crippen LogP contribution in [0.25, 0.3) is 0 Å². The molecule has 2 rings (SSSR count). The smallest absolute Gasteiger partial charge is 0.276 e. The maximum atomic E-state index is 13.3. The van der Waals surface area contributed by atoms with Crippen molar-refractivity contribution in [2.24, 2.45) is 0 Å². The molecule has 20 heavy (non-hydrogen) atoms. The fraction of sp³-hybridized carbons (Fsp3) is 0. The van der Waals surface area contributed by atoms with Crippen LogP contribution in [0, 0.1) is 15.9 Å². The number of rotatable bonds is 3. The van der Waals surface area contributed by atoms with Crippen molar-refractivity contribution in [2.75, 3.05) is 0 Å². The lowest BCUT2D eigenvalue weighted by molar-refractivity contribution is -0.385. The number of nitro groups is 1. The molecule has 2 aromatic carbocycles. The van der Waals surface area contributed by atoms with E-state index in [1.54, 1.807) is 0 Å². The molecule has 0 saturated heterocycles. The van der Waals surface area contributed by atoms with Gasteiger partial charge in [0.25, 0.3) is 5.69 Å². The van der Waals surface area contributed by atoms with Crippen LogP contribution < -0.4 is 4.74 Å². The molecular weight excluding hydrogens is 331 g/mol. The first-order valence-corrected chi connectivity index (χ1v) is 6.27. The van der Waals surface area contributed by atoms with Gasteiger partial charge in [0.2, 0.25) is 0 Å². The first-order chi connectivity index (χ1) is 9.36. The Kier molecular flexibility index (Phi) is 4.32. The van der Waals surface area contributed by atoms with Gasteiger partial charge in [-0.3, -0.25) is 10.1 Å². The number of halogens is 4. The number of nitrogens with zero attached hydrogens (tertiary/aromatic N) is 1. The second kappa shape index (κ2) is 5.83. The molecular formula is C12H5Cl3FNO3. The topological polar surface area (TPSA) is 52.4 Å². The van der Waals surface area contributed by atoms with E-state index in [9.17, 15) is 14.5 Å². The summed E-state index contributed by atoms with van der Waals surface area (Å²) < 4.78 is 18.6. The summed E-state index contributed by atoms with van der Waals surface area (Å²) in [6.07, 6.45) is 0. The molecule has 0 bridgehead atoms.